The third-order valence-corrected chi connectivity index (χ3v) is 1.68. The molecule has 2 heteroatoms. The maximum atomic E-state index is 3.51. The van der Waals surface area contributed by atoms with Crippen molar-refractivity contribution in [2.45, 2.75) is 13.1 Å². The second kappa shape index (κ2) is 3.82. The molecule has 1 rings (SSSR count). The molecule has 0 fully saturated rings. The van der Waals surface area contributed by atoms with Crippen LogP contribution < -0.4 is 0 Å². The minimum atomic E-state index is 0.579. The standard InChI is InChI=1S/C8H10BBr/c1-9(10)7-8-5-3-2-4-6-8/h2-6H,7H2,1H3. The number of rotatable bonds is 2. The van der Waals surface area contributed by atoms with Crippen molar-refractivity contribution in [2.75, 3.05) is 0 Å². The van der Waals surface area contributed by atoms with Crippen molar-refractivity contribution in [3.05, 3.63) is 35.9 Å². The predicted octanol–water partition coefficient (Wildman–Crippen LogP) is 2.78. The molecule has 0 spiro atoms. The highest BCUT2D eigenvalue weighted by Gasteiger charge is 2.00. The van der Waals surface area contributed by atoms with Crippen LogP contribution in [-0.4, -0.2) is 5.54 Å². The van der Waals surface area contributed by atoms with E-state index in [4.69, 9.17) is 0 Å². The lowest BCUT2D eigenvalue weighted by Crippen LogP contribution is -2.00. The zero-order chi connectivity index (χ0) is 7.40. The van der Waals surface area contributed by atoms with Gasteiger partial charge in [0, 0.05) is 0 Å². The molecule has 0 aliphatic rings. The van der Waals surface area contributed by atoms with Crippen molar-refractivity contribution in [1.29, 1.82) is 0 Å². The average molecular weight is 197 g/mol. The zero-order valence-corrected chi connectivity index (χ0v) is 7.64. The number of hydrogen-bond donors (Lipinski definition) is 0. The lowest BCUT2D eigenvalue weighted by Gasteiger charge is -1.98. The van der Waals surface area contributed by atoms with Crippen molar-refractivity contribution in [1.82, 2.24) is 0 Å². The van der Waals surface area contributed by atoms with Crippen LogP contribution in [-0.2, 0) is 6.32 Å². The van der Waals surface area contributed by atoms with Gasteiger partial charge in [0.1, 0.15) is 0 Å². The molecule has 0 aromatic heterocycles. The molecule has 0 aliphatic heterocycles. The summed E-state index contributed by atoms with van der Waals surface area (Å²) in [6, 6.07) is 10.5. The van der Waals surface area contributed by atoms with Crippen molar-refractivity contribution < 1.29 is 0 Å². The van der Waals surface area contributed by atoms with Gasteiger partial charge in [-0.05, 0) is 6.32 Å². The molecule has 10 heavy (non-hydrogen) atoms. The molecule has 52 valence electrons. The molecule has 0 amide bonds. The Hall–Kier alpha value is -0.235. The van der Waals surface area contributed by atoms with Crippen molar-refractivity contribution >= 4 is 21.3 Å². The van der Waals surface area contributed by atoms with Crippen molar-refractivity contribution in [3.63, 3.8) is 0 Å². The summed E-state index contributed by atoms with van der Waals surface area (Å²) in [6.07, 6.45) is 1.11. The van der Waals surface area contributed by atoms with Crippen molar-refractivity contribution in [2.24, 2.45) is 0 Å². The summed E-state index contributed by atoms with van der Waals surface area (Å²) in [7, 11) is 0. The summed E-state index contributed by atoms with van der Waals surface area (Å²) in [5.74, 6) is 0. The Morgan fingerprint density at radius 3 is 2.40 bits per heavy atom. The van der Waals surface area contributed by atoms with Crippen LogP contribution >= 0.6 is 15.8 Å². The zero-order valence-electron chi connectivity index (χ0n) is 6.05. The number of halogens is 1. The van der Waals surface area contributed by atoms with Crippen LogP contribution in [0.25, 0.3) is 0 Å². The summed E-state index contributed by atoms with van der Waals surface area (Å²) >= 11 is 3.51. The van der Waals surface area contributed by atoms with Gasteiger partial charge in [0.2, 0.25) is 5.54 Å². The van der Waals surface area contributed by atoms with E-state index in [2.05, 4.69) is 46.8 Å². The fourth-order valence-corrected chi connectivity index (χ4v) is 1.31. The van der Waals surface area contributed by atoms with Crippen LogP contribution in [0, 0.1) is 0 Å². The number of benzene rings is 1. The lowest BCUT2D eigenvalue weighted by atomic mass is 9.74. The van der Waals surface area contributed by atoms with E-state index in [0.717, 1.165) is 6.32 Å². The van der Waals surface area contributed by atoms with Crippen LogP contribution in [0.2, 0.25) is 6.82 Å². The van der Waals surface area contributed by atoms with Crippen LogP contribution in [0.1, 0.15) is 5.56 Å². The van der Waals surface area contributed by atoms with E-state index in [9.17, 15) is 0 Å². The molecule has 0 bridgehead atoms. The molecule has 1 aromatic carbocycles. The summed E-state index contributed by atoms with van der Waals surface area (Å²) < 4.78 is 0. The van der Waals surface area contributed by atoms with E-state index in [-0.39, 0.29) is 0 Å². The summed E-state index contributed by atoms with van der Waals surface area (Å²) in [5, 5.41) is 0. The minimum absolute atomic E-state index is 0.579. The third kappa shape index (κ3) is 2.57. The molecule has 0 aliphatic carbocycles. The van der Waals surface area contributed by atoms with Gasteiger partial charge in [0.05, 0.1) is 0 Å². The summed E-state index contributed by atoms with van der Waals surface area (Å²) in [5.41, 5.74) is 1.97. The maximum absolute atomic E-state index is 3.51. The van der Waals surface area contributed by atoms with E-state index in [1.54, 1.807) is 0 Å². The molecular formula is C8H10BBr. The highest BCUT2D eigenvalue weighted by molar-refractivity contribution is 9.24. The second-order valence-corrected chi connectivity index (χ2v) is 4.03. The highest BCUT2D eigenvalue weighted by Crippen LogP contribution is 2.05. The second-order valence-electron chi connectivity index (χ2n) is 2.47. The third-order valence-electron chi connectivity index (χ3n) is 1.36. The maximum Gasteiger partial charge on any atom is 0.223 e. The first-order valence-corrected chi connectivity index (χ1v) is 4.38. The van der Waals surface area contributed by atoms with Crippen LogP contribution in [0.4, 0.5) is 0 Å². The highest BCUT2D eigenvalue weighted by atomic mass is 79.9. The Bertz CT molecular complexity index is 184. The Balaban J connectivity index is 2.59. The summed E-state index contributed by atoms with van der Waals surface area (Å²) in [6.45, 7) is 2.16. The fourth-order valence-electron chi connectivity index (χ4n) is 0.939. The van der Waals surface area contributed by atoms with Crippen molar-refractivity contribution in [3.8, 4) is 0 Å². The van der Waals surface area contributed by atoms with Gasteiger partial charge in [-0.1, -0.05) is 42.7 Å². The van der Waals surface area contributed by atoms with Crippen LogP contribution in [0.15, 0.2) is 30.3 Å². The first-order valence-electron chi connectivity index (χ1n) is 3.47. The lowest BCUT2D eigenvalue weighted by molar-refractivity contribution is 1.38. The first kappa shape index (κ1) is 7.87. The molecule has 1 aromatic rings. The van der Waals surface area contributed by atoms with Gasteiger partial charge in [-0.2, -0.15) is 15.8 Å². The fraction of sp³-hybridized carbons (Fsp3) is 0.250. The Morgan fingerprint density at radius 2 is 1.90 bits per heavy atom. The van der Waals surface area contributed by atoms with E-state index in [1.165, 1.54) is 5.56 Å². The van der Waals surface area contributed by atoms with Gasteiger partial charge in [-0.15, -0.1) is 0 Å². The van der Waals surface area contributed by atoms with E-state index in [0.29, 0.717) is 5.54 Å². The molecular weight excluding hydrogens is 187 g/mol. The predicted molar refractivity (Wildman–Crippen MR) is 50.7 cm³/mol. The smallest absolute Gasteiger partial charge is 0.157 e. The van der Waals surface area contributed by atoms with Gasteiger partial charge in [0.25, 0.3) is 0 Å². The normalized spacial score (nSPS) is 9.40. The van der Waals surface area contributed by atoms with Crippen LogP contribution in [0.5, 0.6) is 0 Å². The monoisotopic (exact) mass is 196 g/mol. The van der Waals surface area contributed by atoms with Gasteiger partial charge in [0.15, 0.2) is 0 Å². The quantitative estimate of drug-likeness (QED) is 0.639. The average Bonchev–Trinajstić information content (AvgIpc) is 1.88. The number of hydrogen-bond acceptors (Lipinski definition) is 0. The van der Waals surface area contributed by atoms with E-state index in [1.807, 2.05) is 6.07 Å². The molecule has 0 unspecified atom stereocenters. The Labute approximate surface area is 70.7 Å². The van der Waals surface area contributed by atoms with Gasteiger partial charge in [-0.3, -0.25) is 0 Å². The van der Waals surface area contributed by atoms with Gasteiger partial charge >= 0.3 is 0 Å². The minimum Gasteiger partial charge on any atom is -0.157 e. The topological polar surface area (TPSA) is 0 Å². The molecule has 0 nitrogen and oxygen atoms in total. The molecule has 0 N–H and O–H groups in total. The Kier molecular flexibility index (Phi) is 3.00. The summed E-state index contributed by atoms with van der Waals surface area (Å²) in [4.78, 5) is 0. The Morgan fingerprint density at radius 1 is 1.30 bits per heavy atom. The molecule has 0 saturated carbocycles. The van der Waals surface area contributed by atoms with Crippen LogP contribution in [0.3, 0.4) is 0 Å². The van der Waals surface area contributed by atoms with E-state index < -0.39 is 0 Å². The molecule has 0 saturated heterocycles. The first-order chi connectivity index (χ1) is 4.79. The molecule has 0 atom stereocenters. The van der Waals surface area contributed by atoms with E-state index >= 15 is 0 Å². The van der Waals surface area contributed by atoms with Gasteiger partial charge in [-0.25, -0.2) is 0 Å². The molecule has 0 heterocycles. The van der Waals surface area contributed by atoms with Gasteiger partial charge < -0.3 is 0 Å². The molecule has 0 radical (unpaired) electrons. The SMILES string of the molecule is CB(Br)Cc1ccccc1. The largest absolute Gasteiger partial charge is 0.223 e.